The SMILES string of the molecule is COCC1OC(n2cnc3c(NCC(c4ccccc4)c4ccccc4)nc(COCCN(C)C)nc32)C(O)C1O. The average molecular weight is 563 g/mol. The highest BCUT2D eigenvalue weighted by molar-refractivity contribution is 5.83. The molecule has 4 unspecified atom stereocenters. The van der Waals surface area contributed by atoms with E-state index in [0.717, 1.165) is 6.54 Å². The Balaban J connectivity index is 1.47. The second-order valence-corrected chi connectivity index (χ2v) is 10.4. The second kappa shape index (κ2) is 13.5. The van der Waals surface area contributed by atoms with Gasteiger partial charge in [-0.3, -0.25) is 4.57 Å². The first kappa shape index (κ1) is 29.1. The number of ether oxygens (including phenoxy) is 3. The Morgan fingerprint density at radius 2 is 1.68 bits per heavy atom. The van der Waals surface area contributed by atoms with Crippen molar-refractivity contribution in [2.45, 2.75) is 37.1 Å². The maximum absolute atomic E-state index is 10.8. The first-order valence-corrected chi connectivity index (χ1v) is 13.8. The van der Waals surface area contributed by atoms with Crippen molar-refractivity contribution in [2.75, 3.05) is 52.8 Å². The van der Waals surface area contributed by atoms with Crippen LogP contribution in [0.1, 0.15) is 29.1 Å². The molecule has 4 aromatic rings. The maximum Gasteiger partial charge on any atom is 0.168 e. The average Bonchev–Trinajstić information content (AvgIpc) is 3.53. The molecule has 2 aromatic carbocycles. The molecule has 41 heavy (non-hydrogen) atoms. The quantitative estimate of drug-likeness (QED) is 0.209. The first-order valence-electron chi connectivity index (χ1n) is 13.8. The van der Waals surface area contributed by atoms with Gasteiger partial charge in [0.2, 0.25) is 0 Å². The van der Waals surface area contributed by atoms with Gasteiger partial charge in [0.25, 0.3) is 0 Å². The summed E-state index contributed by atoms with van der Waals surface area (Å²) in [7, 11) is 5.50. The minimum atomic E-state index is -1.18. The van der Waals surface area contributed by atoms with E-state index in [-0.39, 0.29) is 19.1 Å². The van der Waals surface area contributed by atoms with Crippen molar-refractivity contribution >= 4 is 17.0 Å². The van der Waals surface area contributed by atoms with Gasteiger partial charge >= 0.3 is 0 Å². The van der Waals surface area contributed by atoms with Crippen LogP contribution >= 0.6 is 0 Å². The standard InChI is InChI=1S/C30H38N6O5/c1-35(2)14-15-40-18-24-33-28(31-16-22(20-10-6-4-7-11-20)21-12-8-5-9-13-21)25-29(34-24)36(19-32-25)30-27(38)26(37)23(41-30)17-39-3/h4-13,19,22-23,26-27,30,37-38H,14-18H2,1-3H3,(H,31,33,34). The number of anilines is 1. The minimum absolute atomic E-state index is 0.0641. The lowest BCUT2D eigenvalue weighted by Gasteiger charge is -2.20. The van der Waals surface area contributed by atoms with Gasteiger partial charge in [-0.15, -0.1) is 0 Å². The van der Waals surface area contributed by atoms with Crippen molar-refractivity contribution in [2.24, 2.45) is 0 Å². The molecule has 11 heteroatoms. The number of aromatic nitrogens is 4. The van der Waals surface area contributed by atoms with Crippen LogP contribution < -0.4 is 5.32 Å². The van der Waals surface area contributed by atoms with Gasteiger partial charge in [0.15, 0.2) is 29.0 Å². The molecule has 4 atom stereocenters. The lowest BCUT2D eigenvalue weighted by atomic mass is 9.91. The molecule has 11 nitrogen and oxygen atoms in total. The van der Waals surface area contributed by atoms with Crippen LogP contribution in [0.5, 0.6) is 0 Å². The molecule has 1 aliphatic heterocycles. The summed E-state index contributed by atoms with van der Waals surface area (Å²) in [6, 6.07) is 20.7. The van der Waals surface area contributed by atoms with E-state index in [9.17, 15) is 10.2 Å². The fourth-order valence-corrected chi connectivity index (χ4v) is 5.00. The fraction of sp³-hybridized carbons (Fsp3) is 0.433. The summed E-state index contributed by atoms with van der Waals surface area (Å²) in [5, 5.41) is 24.9. The molecule has 5 rings (SSSR count). The molecule has 3 heterocycles. The van der Waals surface area contributed by atoms with Crippen molar-refractivity contribution < 1.29 is 24.4 Å². The summed E-state index contributed by atoms with van der Waals surface area (Å²) >= 11 is 0. The zero-order chi connectivity index (χ0) is 28.8. The Labute approximate surface area is 239 Å². The predicted octanol–water partition coefficient (Wildman–Crippen LogP) is 2.41. The van der Waals surface area contributed by atoms with E-state index in [4.69, 9.17) is 24.2 Å². The lowest BCUT2D eigenvalue weighted by molar-refractivity contribution is -0.0580. The number of imidazole rings is 1. The number of aliphatic hydroxyl groups excluding tert-OH is 2. The molecule has 2 aromatic heterocycles. The van der Waals surface area contributed by atoms with Crippen LogP contribution in [0.4, 0.5) is 5.82 Å². The summed E-state index contributed by atoms with van der Waals surface area (Å²) in [6.45, 7) is 2.20. The smallest absolute Gasteiger partial charge is 0.168 e. The monoisotopic (exact) mass is 562 g/mol. The number of likely N-dealkylation sites (N-methyl/N-ethyl adjacent to an activating group) is 1. The van der Waals surface area contributed by atoms with Gasteiger partial charge in [0, 0.05) is 26.1 Å². The first-order chi connectivity index (χ1) is 20.0. The van der Waals surface area contributed by atoms with Crippen molar-refractivity contribution in [3.8, 4) is 0 Å². The van der Waals surface area contributed by atoms with E-state index >= 15 is 0 Å². The van der Waals surface area contributed by atoms with Gasteiger partial charge in [0.05, 0.1) is 19.5 Å². The van der Waals surface area contributed by atoms with Gasteiger partial charge < -0.3 is 34.6 Å². The Morgan fingerprint density at radius 3 is 2.32 bits per heavy atom. The molecule has 0 amide bonds. The highest BCUT2D eigenvalue weighted by Crippen LogP contribution is 2.33. The molecule has 1 aliphatic rings. The van der Waals surface area contributed by atoms with Crippen molar-refractivity contribution in [1.82, 2.24) is 24.4 Å². The fourth-order valence-electron chi connectivity index (χ4n) is 5.00. The van der Waals surface area contributed by atoms with Gasteiger partial charge in [-0.1, -0.05) is 60.7 Å². The number of nitrogens with one attached hydrogen (secondary N) is 1. The maximum atomic E-state index is 10.8. The van der Waals surface area contributed by atoms with E-state index in [1.54, 1.807) is 10.9 Å². The molecule has 0 aliphatic carbocycles. The summed E-state index contributed by atoms with van der Waals surface area (Å²) < 4.78 is 18.6. The summed E-state index contributed by atoms with van der Waals surface area (Å²) in [4.78, 5) is 16.2. The number of nitrogens with zero attached hydrogens (tertiary/aromatic N) is 5. The van der Waals surface area contributed by atoms with Crippen LogP contribution in [0.3, 0.4) is 0 Å². The number of benzene rings is 2. The number of rotatable bonds is 13. The molecular weight excluding hydrogens is 524 g/mol. The Bertz CT molecular complexity index is 1350. The number of hydrogen-bond acceptors (Lipinski definition) is 10. The predicted molar refractivity (Wildman–Crippen MR) is 155 cm³/mol. The summed E-state index contributed by atoms with van der Waals surface area (Å²) in [5.74, 6) is 1.09. The van der Waals surface area contributed by atoms with Crippen molar-refractivity contribution in [3.63, 3.8) is 0 Å². The van der Waals surface area contributed by atoms with Crippen LogP contribution in [0, 0.1) is 0 Å². The number of hydrogen-bond donors (Lipinski definition) is 3. The van der Waals surface area contributed by atoms with Gasteiger partial charge in [-0.25, -0.2) is 15.0 Å². The van der Waals surface area contributed by atoms with Crippen LogP contribution in [-0.4, -0.2) is 100 Å². The number of fused-ring (bicyclic) bond motifs is 1. The normalized spacial score (nSPS) is 20.9. The van der Waals surface area contributed by atoms with E-state index in [1.807, 2.05) is 55.4 Å². The van der Waals surface area contributed by atoms with Crippen LogP contribution in [0.25, 0.3) is 11.2 Å². The van der Waals surface area contributed by atoms with Gasteiger partial charge in [-0.2, -0.15) is 0 Å². The van der Waals surface area contributed by atoms with Crippen molar-refractivity contribution in [3.05, 3.63) is 83.9 Å². The van der Waals surface area contributed by atoms with E-state index in [0.29, 0.717) is 36.0 Å². The number of aliphatic hydroxyl groups is 2. The Hall–Kier alpha value is -3.45. The van der Waals surface area contributed by atoms with E-state index in [1.165, 1.54) is 18.2 Å². The largest absolute Gasteiger partial charge is 0.387 e. The summed E-state index contributed by atoms with van der Waals surface area (Å²) in [5.41, 5.74) is 3.35. The van der Waals surface area contributed by atoms with Crippen molar-refractivity contribution in [1.29, 1.82) is 0 Å². The molecule has 0 spiro atoms. The summed E-state index contributed by atoms with van der Waals surface area (Å²) in [6.07, 6.45) is -2.30. The van der Waals surface area contributed by atoms with Crippen LogP contribution in [0.15, 0.2) is 67.0 Å². The minimum Gasteiger partial charge on any atom is -0.387 e. The zero-order valence-electron chi connectivity index (χ0n) is 23.6. The highest BCUT2D eigenvalue weighted by atomic mass is 16.6. The van der Waals surface area contributed by atoms with E-state index < -0.39 is 24.5 Å². The molecule has 1 saturated heterocycles. The highest BCUT2D eigenvalue weighted by Gasteiger charge is 2.44. The third-order valence-corrected chi connectivity index (χ3v) is 7.20. The topological polar surface area (TPSA) is 127 Å². The Morgan fingerprint density at radius 1 is 1.00 bits per heavy atom. The molecule has 1 fully saturated rings. The molecule has 218 valence electrons. The molecule has 0 bridgehead atoms. The third-order valence-electron chi connectivity index (χ3n) is 7.20. The van der Waals surface area contributed by atoms with Crippen LogP contribution in [0.2, 0.25) is 0 Å². The molecule has 3 N–H and O–H groups in total. The molecular formula is C30H38N6O5. The zero-order valence-corrected chi connectivity index (χ0v) is 23.6. The van der Waals surface area contributed by atoms with E-state index in [2.05, 4.69) is 34.6 Å². The molecule has 0 saturated carbocycles. The lowest BCUT2D eigenvalue weighted by Crippen LogP contribution is -2.33. The van der Waals surface area contributed by atoms with Crippen LogP contribution in [-0.2, 0) is 20.8 Å². The third kappa shape index (κ3) is 6.72. The second-order valence-electron chi connectivity index (χ2n) is 10.4. The van der Waals surface area contributed by atoms with Gasteiger partial charge in [0.1, 0.15) is 24.9 Å². The Kier molecular flexibility index (Phi) is 9.55. The van der Waals surface area contributed by atoms with Gasteiger partial charge in [-0.05, 0) is 25.2 Å². The number of methoxy groups -OCH3 is 1. The molecule has 0 radical (unpaired) electrons.